The molecule has 1 radical (unpaired) electrons. The van der Waals surface area contributed by atoms with Crippen molar-refractivity contribution >= 4 is 31.9 Å². The van der Waals surface area contributed by atoms with E-state index in [9.17, 15) is 0 Å². The molecule has 2 aromatic rings. The molecule has 0 amide bonds. The Labute approximate surface area is 100 Å². The maximum absolute atomic E-state index is 3.52. The van der Waals surface area contributed by atoms with Crippen LogP contribution in [0.2, 0.25) is 0 Å². The van der Waals surface area contributed by atoms with E-state index in [2.05, 4.69) is 50.1 Å². The van der Waals surface area contributed by atoms with Gasteiger partial charge in [-0.1, -0.05) is 50.1 Å². The Morgan fingerprint density at radius 2 is 1.93 bits per heavy atom. The lowest BCUT2D eigenvalue weighted by molar-refractivity contribution is 1.56. The Bertz CT molecular complexity index is 450. The van der Waals surface area contributed by atoms with E-state index < -0.39 is 0 Å². The number of halogens is 2. The summed E-state index contributed by atoms with van der Waals surface area (Å²) in [5, 5.41) is 0. The maximum Gasteiger partial charge on any atom is 0.0254 e. The lowest BCUT2D eigenvalue weighted by Crippen LogP contribution is -1.78. The Balaban J connectivity index is 2.55. The third-order valence-corrected chi connectivity index (χ3v) is 3.13. The van der Waals surface area contributed by atoms with E-state index in [1.165, 1.54) is 5.56 Å². The molecule has 0 N–H and O–H groups in total. The Morgan fingerprint density at radius 3 is 2.64 bits per heavy atom. The van der Waals surface area contributed by atoms with Crippen molar-refractivity contribution in [3.63, 3.8) is 0 Å². The highest BCUT2D eigenvalue weighted by Gasteiger charge is 2.01. The maximum atomic E-state index is 3.52. The zero-order chi connectivity index (χ0) is 9.97. The van der Waals surface area contributed by atoms with E-state index >= 15 is 0 Å². The molecule has 0 bridgehead atoms. The summed E-state index contributed by atoms with van der Waals surface area (Å²) in [7, 11) is 0. The minimum atomic E-state index is 1.09. The second-order valence-electron chi connectivity index (χ2n) is 2.92. The summed E-state index contributed by atoms with van der Waals surface area (Å²) in [5.41, 5.74) is 2.34. The van der Waals surface area contributed by atoms with Crippen LogP contribution in [0.1, 0.15) is 0 Å². The van der Waals surface area contributed by atoms with Gasteiger partial charge in [0.15, 0.2) is 0 Å². The summed E-state index contributed by atoms with van der Waals surface area (Å²) >= 11 is 6.98. The Kier molecular flexibility index (Phi) is 3.04. The van der Waals surface area contributed by atoms with Crippen molar-refractivity contribution in [2.75, 3.05) is 0 Å². The molecular formula is C12H7Br2. The van der Waals surface area contributed by atoms with Gasteiger partial charge < -0.3 is 0 Å². The van der Waals surface area contributed by atoms with E-state index in [0.717, 1.165) is 14.5 Å². The molecule has 0 saturated heterocycles. The van der Waals surface area contributed by atoms with Gasteiger partial charge in [-0.05, 0) is 41.5 Å². The van der Waals surface area contributed by atoms with Crippen molar-refractivity contribution in [1.82, 2.24) is 0 Å². The van der Waals surface area contributed by atoms with Gasteiger partial charge in [-0.3, -0.25) is 0 Å². The zero-order valence-electron chi connectivity index (χ0n) is 7.30. The second kappa shape index (κ2) is 4.28. The molecule has 0 saturated carbocycles. The first-order valence-corrected chi connectivity index (χ1v) is 5.77. The standard InChI is InChI=1S/C12H7Br2/c13-10-5-3-4-9(8-10)11-6-1-2-7-12(11)14/h2-8H. The van der Waals surface area contributed by atoms with Crippen LogP contribution in [0.3, 0.4) is 0 Å². The highest BCUT2D eigenvalue weighted by Crippen LogP contribution is 2.29. The van der Waals surface area contributed by atoms with Crippen LogP contribution in [-0.2, 0) is 0 Å². The van der Waals surface area contributed by atoms with Crippen LogP contribution in [0.5, 0.6) is 0 Å². The zero-order valence-corrected chi connectivity index (χ0v) is 10.5. The van der Waals surface area contributed by atoms with Crippen molar-refractivity contribution < 1.29 is 0 Å². The van der Waals surface area contributed by atoms with Crippen LogP contribution in [0.15, 0.2) is 51.4 Å². The molecule has 0 aliphatic heterocycles. The summed E-state index contributed by atoms with van der Waals surface area (Å²) in [5.74, 6) is 0. The average molecular weight is 311 g/mol. The van der Waals surface area contributed by atoms with Crippen LogP contribution < -0.4 is 0 Å². The van der Waals surface area contributed by atoms with Crippen LogP contribution in [0.25, 0.3) is 11.1 Å². The first-order chi connectivity index (χ1) is 6.77. The Morgan fingerprint density at radius 1 is 1.07 bits per heavy atom. The largest absolute Gasteiger partial charge is 0.0605 e. The second-order valence-corrected chi connectivity index (χ2v) is 4.69. The molecule has 0 nitrogen and oxygen atoms in total. The summed E-state index contributed by atoms with van der Waals surface area (Å²) in [4.78, 5) is 0. The van der Waals surface area contributed by atoms with Gasteiger partial charge in [-0.15, -0.1) is 0 Å². The summed E-state index contributed by atoms with van der Waals surface area (Å²) in [6.45, 7) is 0. The quantitative estimate of drug-likeness (QED) is 0.717. The van der Waals surface area contributed by atoms with Crippen LogP contribution in [0, 0.1) is 6.07 Å². The van der Waals surface area contributed by atoms with Gasteiger partial charge >= 0.3 is 0 Å². The molecule has 0 heterocycles. The SMILES string of the molecule is Brc1cccc(-c2c[c]ccc2Br)c1. The minimum absolute atomic E-state index is 1.09. The average Bonchev–Trinajstić information content (AvgIpc) is 2.18. The number of benzene rings is 2. The lowest BCUT2D eigenvalue weighted by atomic mass is 10.1. The molecule has 69 valence electrons. The summed E-state index contributed by atoms with van der Waals surface area (Å²) in [6, 6.07) is 17.2. The van der Waals surface area contributed by atoms with E-state index in [-0.39, 0.29) is 0 Å². The van der Waals surface area contributed by atoms with Crippen molar-refractivity contribution in [1.29, 1.82) is 0 Å². The molecular weight excluding hydrogens is 304 g/mol. The minimum Gasteiger partial charge on any atom is -0.0605 e. The van der Waals surface area contributed by atoms with Crippen molar-refractivity contribution in [2.24, 2.45) is 0 Å². The highest BCUT2D eigenvalue weighted by molar-refractivity contribution is 9.10. The predicted octanol–water partition coefficient (Wildman–Crippen LogP) is 4.68. The van der Waals surface area contributed by atoms with Gasteiger partial charge in [0.1, 0.15) is 0 Å². The molecule has 14 heavy (non-hydrogen) atoms. The van der Waals surface area contributed by atoms with E-state index in [1.807, 2.05) is 30.3 Å². The van der Waals surface area contributed by atoms with Gasteiger partial charge in [0.25, 0.3) is 0 Å². The first-order valence-electron chi connectivity index (χ1n) is 4.19. The van der Waals surface area contributed by atoms with Gasteiger partial charge in [0.2, 0.25) is 0 Å². The fourth-order valence-electron chi connectivity index (χ4n) is 1.29. The van der Waals surface area contributed by atoms with Gasteiger partial charge in [0.05, 0.1) is 0 Å². The van der Waals surface area contributed by atoms with Crippen molar-refractivity contribution in [3.05, 3.63) is 57.5 Å². The molecule has 0 aliphatic rings. The summed E-state index contributed by atoms with van der Waals surface area (Å²) < 4.78 is 2.18. The van der Waals surface area contributed by atoms with E-state index in [0.29, 0.717) is 0 Å². The predicted molar refractivity (Wildman–Crippen MR) is 66.1 cm³/mol. The van der Waals surface area contributed by atoms with Crippen LogP contribution in [0.4, 0.5) is 0 Å². The first kappa shape index (κ1) is 9.94. The molecule has 0 atom stereocenters. The van der Waals surface area contributed by atoms with E-state index in [1.54, 1.807) is 0 Å². The summed E-state index contributed by atoms with van der Waals surface area (Å²) in [6.07, 6.45) is 0. The molecule has 0 spiro atoms. The molecule has 0 aliphatic carbocycles. The topological polar surface area (TPSA) is 0 Å². The third-order valence-electron chi connectivity index (χ3n) is 1.95. The normalized spacial score (nSPS) is 10.1. The van der Waals surface area contributed by atoms with Gasteiger partial charge in [-0.25, -0.2) is 0 Å². The molecule has 2 rings (SSSR count). The highest BCUT2D eigenvalue weighted by atomic mass is 79.9. The molecule has 2 aromatic carbocycles. The smallest absolute Gasteiger partial charge is 0.0254 e. The fourth-order valence-corrected chi connectivity index (χ4v) is 2.16. The third kappa shape index (κ3) is 2.07. The number of hydrogen-bond acceptors (Lipinski definition) is 0. The molecule has 0 aromatic heterocycles. The van der Waals surface area contributed by atoms with Crippen LogP contribution >= 0.6 is 31.9 Å². The van der Waals surface area contributed by atoms with Gasteiger partial charge in [0, 0.05) is 8.95 Å². The monoisotopic (exact) mass is 309 g/mol. The van der Waals surface area contributed by atoms with Gasteiger partial charge in [-0.2, -0.15) is 0 Å². The number of rotatable bonds is 1. The van der Waals surface area contributed by atoms with Crippen molar-refractivity contribution in [3.8, 4) is 11.1 Å². The fraction of sp³-hybridized carbons (Fsp3) is 0. The number of hydrogen-bond donors (Lipinski definition) is 0. The van der Waals surface area contributed by atoms with Crippen molar-refractivity contribution in [2.45, 2.75) is 0 Å². The van der Waals surface area contributed by atoms with E-state index in [4.69, 9.17) is 0 Å². The lowest BCUT2D eigenvalue weighted by Gasteiger charge is -2.04. The molecule has 0 unspecified atom stereocenters. The molecule has 2 heteroatoms. The van der Waals surface area contributed by atoms with Crippen LogP contribution in [-0.4, -0.2) is 0 Å². The molecule has 0 fully saturated rings. The Hall–Kier alpha value is -0.600.